The van der Waals surface area contributed by atoms with Crippen LogP contribution in [0.2, 0.25) is 10.0 Å². The molecule has 1 heterocycles. The number of aryl methyl sites for hydroxylation is 1. The fourth-order valence-corrected chi connectivity index (χ4v) is 4.53. The second kappa shape index (κ2) is 11.0. The first-order valence-electron chi connectivity index (χ1n) is 10.5. The van der Waals surface area contributed by atoms with E-state index in [9.17, 15) is 9.59 Å². The van der Waals surface area contributed by atoms with Crippen molar-refractivity contribution < 1.29 is 19.1 Å². The summed E-state index contributed by atoms with van der Waals surface area (Å²) in [5, 5.41) is 0.570. The lowest BCUT2D eigenvalue weighted by Gasteiger charge is -2.13. The van der Waals surface area contributed by atoms with Gasteiger partial charge in [0.2, 0.25) is 0 Å². The van der Waals surface area contributed by atoms with Gasteiger partial charge in [0.05, 0.1) is 11.4 Å². The van der Waals surface area contributed by atoms with Gasteiger partial charge in [-0.05, 0) is 72.3 Å². The highest BCUT2D eigenvalue weighted by atomic mass is 35.5. The van der Waals surface area contributed by atoms with Crippen LogP contribution in [0.5, 0.6) is 11.5 Å². The SMILES string of the molecule is Cc1ccc(OCCOc2ccc(/C=C3\SC(=O)N(Cc4ccc(Cl)cc4Cl)C3=O)cc2)cc1. The molecule has 0 bridgehead atoms. The molecule has 174 valence electrons. The van der Waals surface area contributed by atoms with Gasteiger partial charge in [-0.1, -0.05) is 59.1 Å². The fraction of sp³-hybridized carbons (Fsp3) is 0.154. The molecule has 34 heavy (non-hydrogen) atoms. The van der Waals surface area contributed by atoms with Crippen LogP contribution >= 0.6 is 35.0 Å². The number of carbonyl (C=O) groups is 2. The summed E-state index contributed by atoms with van der Waals surface area (Å²) in [5.74, 6) is 1.14. The zero-order valence-corrected chi connectivity index (χ0v) is 20.6. The number of imide groups is 1. The Bertz CT molecular complexity index is 1230. The van der Waals surface area contributed by atoms with Crippen LogP contribution in [0, 0.1) is 6.92 Å². The highest BCUT2D eigenvalue weighted by Crippen LogP contribution is 2.34. The molecule has 0 aromatic heterocycles. The van der Waals surface area contributed by atoms with Crippen LogP contribution in [0.3, 0.4) is 0 Å². The van der Waals surface area contributed by atoms with E-state index in [4.69, 9.17) is 32.7 Å². The Balaban J connectivity index is 1.32. The Morgan fingerprint density at radius 3 is 2.12 bits per heavy atom. The highest BCUT2D eigenvalue weighted by molar-refractivity contribution is 8.18. The summed E-state index contributed by atoms with van der Waals surface area (Å²) in [5.41, 5.74) is 2.63. The second-order valence-corrected chi connectivity index (χ2v) is 9.42. The van der Waals surface area contributed by atoms with Crippen LogP contribution < -0.4 is 9.47 Å². The average Bonchev–Trinajstić information content (AvgIpc) is 3.08. The quantitative estimate of drug-likeness (QED) is 0.239. The summed E-state index contributed by atoms with van der Waals surface area (Å²) in [6, 6.07) is 20.1. The van der Waals surface area contributed by atoms with E-state index in [0.717, 1.165) is 23.1 Å². The van der Waals surface area contributed by atoms with Crippen molar-refractivity contribution in [3.8, 4) is 11.5 Å². The summed E-state index contributed by atoms with van der Waals surface area (Å²) >= 11 is 13.0. The van der Waals surface area contributed by atoms with Gasteiger partial charge in [-0.25, -0.2) is 0 Å². The number of amides is 2. The summed E-state index contributed by atoms with van der Waals surface area (Å²) in [6.07, 6.45) is 1.69. The van der Waals surface area contributed by atoms with Gasteiger partial charge >= 0.3 is 0 Å². The number of thioether (sulfide) groups is 1. The Morgan fingerprint density at radius 2 is 1.50 bits per heavy atom. The molecule has 0 radical (unpaired) electrons. The summed E-state index contributed by atoms with van der Waals surface area (Å²) in [4.78, 5) is 26.7. The minimum Gasteiger partial charge on any atom is -0.490 e. The summed E-state index contributed by atoms with van der Waals surface area (Å²) in [6.45, 7) is 2.95. The third-order valence-electron chi connectivity index (χ3n) is 5.04. The van der Waals surface area contributed by atoms with Gasteiger partial charge in [-0.3, -0.25) is 14.5 Å². The molecule has 1 fully saturated rings. The third-order valence-corrected chi connectivity index (χ3v) is 6.53. The van der Waals surface area contributed by atoms with Crippen molar-refractivity contribution in [2.45, 2.75) is 13.5 Å². The maximum atomic E-state index is 12.8. The Morgan fingerprint density at radius 1 is 0.882 bits per heavy atom. The second-order valence-electron chi connectivity index (χ2n) is 7.58. The van der Waals surface area contributed by atoms with Crippen LogP contribution in [0.1, 0.15) is 16.7 Å². The molecule has 3 aromatic carbocycles. The monoisotopic (exact) mass is 513 g/mol. The lowest BCUT2D eigenvalue weighted by molar-refractivity contribution is -0.123. The van der Waals surface area contributed by atoms with Gasteiger partial charge in [0.15, 0.2) is 0 Å². The average molecular weight is 514 g/mol. The van der Waals surface area contributed by atoms with Gasteiger partial charge in [-0.2, -0.15) is 0 Å². The molecule has 3 aromatic rings. The summed E-state index contributed by atoms with van der Waals surface area (Å²) in [7, 11) is 0. The van der Waals surface area contributed by atoms with E-state index in [-0.39, 0.29) is 17.7 Å². The molecule has 0 atom stereocenters. The third kappa shape index (κ3) is 6.14. The van der Waals surface area contributed by atoms with E-state index in [1.54, 1.807) is 24.3 Å². The molecule has 0 aliphatic carbocycles. The molecule has 1 saturated heterocycles. The van der Waals surface area contributed by atoms with Crippen molar-refractivity contribution in [2.75, 3.05) is 13.2 Å². The number of hydrogen-bond acceptors (Lipinski definition) is 5. The van der Waals surface area contributed by atoms with E-state index in [1.807, 2.05) is 55.5 Å². The molecule has 4 rings (SSSR count). The number of hydrogen-bond donors (Lipinski definition) is 0. The van der Waals surface area contributed by atoms with E-state index in [1.165, 1.54) is 10.5 Å². The van der Waals surface area contributed by atoms with Crippen molar-refractivity contribution in [1.82, 2.24) is 4.90 Å². The first-order valence-corrected chi connectivity index (χ1v) is 12.1. The molecule has 0 unspecified atom stereocenters. The maximum absolute atomic E-state index is 12.8. The lowest BCUT2D eigenvalue weighted by Crippen LogP contribution is -2.27. The van der Waals surface area contributed by atoms with Gasteiger partial charge < -0.3 is 9.47 Å². The topological polar surface area (TPSA) is 55.8 Å². The number of rotatable bonds is 8. The molecule has 1 aliphatic rings. The largest absolute Gasteiger partial charge is 0.490 e. The molecular formula is C26H21Cl2NO4S. The van der Waals surface area contributed by atoms with Crippen molar-refractivity contribution in [3.05, 3.63) is 98.4 Å². The minimum absolute atomic E-state index is 0.0927. The van der Waals surface area contributed by atoms with Crippen LogP contribution in [0.15, 0.2) is 71.6 Å². The molecule has 1 aliphatic heterocycles. The molecule has 8 heteroatoms. The predicted molar refractivity (Wildman–Crippen MR) is 137 cm³/mol. The lowest BCUT2D eigenvalue weighted by atomic mass is 10.2. The van der Waals surface area contributed by atoms with Crippen LogP contribution in [-0.2, 0) is 11.3 Å². The van der Waals surface area contributed by atoms with Gasteiger partial charge in [0.25, 0.3) is 11.1 Å². The minimum atomic E-state index is -0.352. The highest BCUT2D eigenvalue weighted by Gasteiger charge is 2.35. The van der Waals surface area contributed by atoms with E-state index < -0.39 is 0 Å². The van der Waals surface area contributed by atoms with Crippen molar-refractivity contribution in [2.24, 2.45) is 0 Å². The number of nitrogens with zero attached hydrogens (tertiary/aromatic N) is 1. The fourth-order valence-electron chi connectivity index (χ4n) is 3.22. The summed E-state index contributed by atoms with van der Waals surface area (Å²) < 4.78 is 11.4. The normalized spacial score (nSPS) is 14.7. The molecule has 0 spiro atoms. The number of halogens is 2. The predicted octanol–water partition coefficient (Wildman–Crippen LogP) is 7.00. The van der Waals surface area contributed by atoms with E-state index in [2.05, 4.69) is 0 Å². The zero-order valence-electron chi connectivity index (χ0n) is 18.3. The first-order chi connectivity index (χ1) is 16.4. The van der Waals surface area contributed by atoms with Gasteiger partial charge in [-0.15, -0.1) is 0 Å². The van der Waals surface area contributed by atoms with Crippen molar-refractivity contribution in [1.29, 1.82) is 0 Å². The van der Waals surface area contributed by atoms with Gasteiger partial charge in [0, 0.05) is 10.0 Å². The molecule has 2 amide bonds. The van der Waals surface area contributed by atoms with Crippen LogP contribution in [0.4, 0.5) is 4.79 Å². The van der Waals surface area contributed by atoms with Crippen LogP contribution in [0.25, 0.3) is 6.08 Å². The zero-order chi connectivity index (χ0) is 24.1. The molecule has 0 saturated carbocycles. The molecule has 0 N–H and O–H groups in total. The Hall–Kier alpha value is -2.93. The number of ether oxygens (including phenoxy) is 2. The van der Waals surface area contributed by atoms with E-state index in [0.29, 0.717) is 39.5 Å². The van der Waals surface area contributed by atoms with E-state index >= 15 is 0 Å². The Labute approximate surface area is 212 Å². The van der Waals surface area contributed by atoms with Crippen molar-refractivity contribution >= 4 is 52.2 Å². The molecule has 5 nitrogen and oxygen atoms in total. The molecular weight excluding hydrogens is 493 g/mol. The Kier molecular flexibility index (Phi) is 7.83. The smallest absolute Gasteiger partial charge is 0.293 e. The van der Waals surface area contributed by atoms with Gasteiger partial charge in [0.1, 0.15) is 24.7 Å². The first kappa shape index (κ1) is 24.2. The maximum Gasteiger partial charge on any atom is 0.293 e. The number of benzene rings is 3. The van der Waals surface area contributed by atoms with Crippen molar-refractivity contribution in [3.63, 3.8) is 0 Å². The number of carbonyl (C=O) groups excluding carboxylic acids is 2. The van der Waals surface area contributed by atoms with Crippen LogP contribution in [-0.4, -0.2) is 29.3 Å². The standard InChI is InChI=1S/C26H21Cl2NO4S/c1-17-2-8-21(9-3-17)32-12-13-33-22-10-4-18(5-11-22)14-24-25(30)29(26(31)34-24)16-19-6-7-20(27)15-23(19)28/h2-11,14-15H,12-13,16H2,1H3/b24-14-.